The first-order valence-electron chi connectivity index (χ1n) is 5.10. The van der Waals surface area contributed by atoms with Gasteiger partial charge in [-0.3, -0.25) is 16.3 Å². The molecule has 1 heterocycles. The number of hydrazine groups is 1. The number of nitrogens with one attached hydrogen (secondary N) is 1. The average molecular weight is 211 g/mol. The predicted octanol–water partition coefficient (Wildman–Crippen LogP) is 1.76. The van der Waals surface area contributed by atoms with E-state index in [0.717, 1.165) is 16.5 Å². The van der Waals surface area contributed by atoms with Crippen LogP contribution in [-0.2, 0) is 0 Å². The van der Waals surface area contributed by atoms with Crippen LogP contribution < -0.4 is 11.3 Å². The van der Waals surface area contributed by atoms with E-state index in [0.29, 0.717) is 6.42 Å². The fraction of sp³-hybridized carbons (Fsp3) is 0.154. The highest BCUT2D eigenvalue weighted by atomic mass is 15.2. The Bertz CT molecular complexity index is 523. The maximum atomic E-state index is 5.52. The third-order valence-corrected chi connectivity index (χ3v) is 2.58. The first-order valence-corrected chi connectivity index (χ1v) is 5.10. The highest BCUT2D eigenvalue weighted by molar-refractivity contribution is 5.82. The first kappa shape index (κ1) is 10.6. The normalized spacial score (nSPS) is 12.2. The van der Waals surface area contributed by atoms with Gasteiger partial charge in [-0.05, 0) is 17.7 Å². The van der Waals surface area contributed by atoms with Crippen molar-refractivity contribution in [1.29, 1.82) is 0 Å². The van der Waals surface area contributed by atoms with E-state index in [4.69, 9.17) is 12.3 Å². The predicted molar refractivity (Wildman–Crippen MR) is 65.3 cm³/mol. The molecule has 0 saturated carbocycles. The Balaban J connectivity index is 2.55. The van der Waals surface area contributed by atoms with Crippen molar-refractivity contribution in [3.05, 3.63) is 42.1 Å². The van der Waals surface area contributed by atoms with E-state index in [9.17, 15) is 0 Å². The van der Waals surface area contributed by atoms with Crippen LogP contribution in [0.4, 0.5) is 0 Å². The zero-order valence-electron chi connectivity index (χ0n) is 8.85. The fourth-order valence-corrected chi connectivity index (χ4v) is 1.80. The number of hydrogen-bond acceptors (Lipinski definition) is 3. The molecule has 0 bridgehead atoms. The van der Waals surface area contributed by atoms with Gasteiger partial charge < -0.3 is 0 Å². The quantitative estimate of drug-likeness (QED) is 0.462. The number of rotatable bonds is 3. The van der Waals surface area contributed by atoms with Crippen molar-refractivity contribution in [1.82, 2.24) is 10.4 Å². The minimum absolute atomic E-state index is 0.0297. The molecule has 0 fully saturated rings. The number of aromatic nitrogens is 1. The minimum atomic E-state index is -0.0297. The number of benzene rings is 1. The molecule has 0 aliphatic heterocycles. The van der Waals surface area contributed by atoms with E-state index in [1.807, 2.05) is 30.3 Å². The van der Waals surface area contributed by atoms with Gasteiger partial charge in [0.15, 0.2) is 0 Å². The van der Waals surface area contributed by atoms with Crippen LogP contribution in [0.1, 0.15) is 18.0 Å². The van der Waals surface area contributed by atoms with Gasteiger partial charge in [0.05, 0.1) is 11.6 Å². The third-order valence-electron chi connectivity index (χ3n) is 2.58. The zero-order chi connectivity index (χ0) is 11.4. The summed E-state index contributed by atoms with van der Waals surface area (Å²) in [5, 5.41) is 1.09. The van der Waals surface area contributed by atoms with Gasteiger partial charge >= 0.3 is 0 Å². The van der Waals surface area contributed by atoms with Crippen LogP contribution in [-0.4, -0.2) is 4.98 Å². The van der Waals surface area contributed by atoms with Gasteiger partial charge in [0.2, 0.25) is 0 Å². The average Bonchev–Trinajstić information content (AvgIpc) is 2.35. The molecule has 2 aromatic rings. The smallest absolute Gasteiger partial charge is 0.0705 e. The van der Waals surface area contributed by atoms with Crippen LogP contribution in [0.5, 0.6) is 0 Å². The molecule has 1 atom stereocenters. The highest BCUT2D eigenvalue weighted by Crippen LogP contribution is 2.23. The summed E-state index contributed by atoms with van der Waals surface area (Å²) < 4.78 is 0. The molecule has 3 heteroatoms. The summed E-state index contributed by atoms with van der Waals surface area (Å²) in [7, 11) is 0. The SMILES string of the molecule is C#CCC(NN)c1ccnc2ccccc12. The van der Waals surface area contributed by atoms with Crippen LogP contribution >= 0.6 is 0 Å². The highest BCUT2D eigenvalue weighted by Gasteiger charge is 2.11. The van der Waals surface area contributed by atoms with E-state index in [1.54, 1.807) is 6.20 Å². The van der Waals surface area contributed by atoms with Crippen molar-refractivity contribution in [2.75, 3.05) is 0 Å². The van der Waals surface area contributed by atoms with E-state index >= 15 is 0 Å². The topological polar surface area (TPSA) is 50.9 Å². The molecule has 0 aliphatic rings. The second-order valence-corrected chi connectivity index (χ2v) is 3.54. The Labute approximate surface area is 94.7 Å². The Hall–Kier alpha value is -1.89. The van der Waals surface area contributed by atoms with E-state index < -0.39 is 0 Å². The summed E-state index contributed by atoms with van der Waals surface area (Å²) in [6.45, 7) is 0. The van der Waals surface area contributed by atoms with Crippen molar-refractivity contribution in [2.45, 2.75) is 12.5 Å². The Kier molecular flexibility index (Phi) is 3.16. The van der Waals surface area contributed by atoms with Crippen LogP contribution in [0, 0.1) is 12.3 Å². The van der Waals surface area contributed by atoms with E-state index in [2.05, 4.69) is 16.3 Å². The van der Waals surface area contributed by atoms with Crippen molar-refractivity contribution >= 4 is 10.9 Å². The molecule has 0 saturated heterocycles. The molecule has 1 unspecified atom stereocenters. The number of nitrogens with two attached hydrogens (primary N) is 1. The summed E-state index contributed by atoms with van der Waals surface area (Å²) in [6.07, 6.45) is 7.66. The largest absolute Gasteiger partial charge is 0.271 e. The summed E-state index contributed by atoms with van der Waals surface area (Å²) >= 11 is 0. The molecule has 0 aliphatic carbocycles. The van der Waals surface area contributed by atoms with Gasteiger partial charge in [0, 0.05) is 18.0 Å². The lowest BCUT2D eigenvalue weighted by Gasteiger charge is -2.15. The molecular weight excluding hydrogens is 198 g/mol. The molecule has 1 aromatic heterocycles. The van der Waals surface area contributed by atoms with Crippen LogP contribution in [0.15, 0.2) is 36.5 Å². The summed E-state index contributed by atoms with van der Waals surface area (Å²) in [5.74, 6) is 8.13. The Morgan fingerprint density at radius 1 is 1.38 bits per heavy atom. The monoisotopic (exact) mass is 211 g/mol. The number of fused-ring (bicyclic) bond motifs is 1. The van der Waals surface area contributed by atoms with Crippen LogP contribution in [0.2, 0.25) is 0 Å². The minimum Gasteiger partial charge on any atom is -0.271 e. The van der Waals surface area contributed by atoms with Gasteiger partial charge in [0.25, 0.3) is 0 Å². The van der Waals surface area contributed by atoms with Crippen LogP contribution in [0.25, 0.3) is 10.9 Å². The molecular formula is C13H13N3. The van der Waals surface area contributed by atoms with Crippen LogP contribution in [0.3, 0.4) is 0 Å². The molecule has 3 N–H and O–H groups in total. The summed E-state index contributed by atoms with van der Waals surface area (Å²) in [6, 6.07) is 9.87. The van der Waals surface area contributed by atoms with Crippen molar-refractivity contribution in [2.24, 2.45) is 5.84 Å². The Morgan fingerprint density at radius 2 is 2.19 bits per heavy atom. The number of para-hydroxylation sites is 1. The van der Waals surface area contributed by atoms with Gasteiger partial charge in [-0.2, -0.15) is 0 Å². The molecule has 80 valence electrons. The molecule has 0 radical (unpaired) electrons. The van der Waals surface area contributed by atoms with E-state index in [-0.39, 0.29) is 6.04 Å². The third kappa shape index (κ3) is 1.89. The van der Waals surface area contributed by atoms with Crippen molar-refractivity contribution < 1.29 is 0 Å². The van der Waals surface area contributed by atoms with E-state index in [1.165, 1.54) is 0 Å². The standard InChI is InChI=1S/C13H13N3/c1-2-5-13(16-14)11-8-9-15-12-7-4-3-6-10(11)12/h1,3-4,6-9,13,16H,5,14H2. The van der Waals surface area contributed by atoms with Crippen molar-refractivity contribution in [3.63, 3.8) is 0 Å². The lowest BCUT2D eigenvalue weighted by molar-refractivity contribution is 0.571. The maximum absolute atomic E-state index is 5.52. The number of nitrogens with zero attached hydrogens (tertiary/aromatic N) is 1. The first-order chi connectivity index (χ1) is 7.86. The fourth-order valence-electron chi connectivity index (χ4n) is 1.80. The Morgan fingerprint density at radius 3 is 2.94 bits per heavy atom. The van der Waals surface area contributed by atoms with Gasteiger partial charge in [-0.15, -0.1) is 12.3 Å². The molecule has 16 heavy (non-hydrogen) atoms. The lowest BCUT2D eigenvalue weighted by Crippen LogP contribution is -2.27. The summed E-state index contributed by atoms with van der Waals surface area (Å²) in [5.41, 5.74) is 4.79. The van der Waals surface area contributed by atoms with Gasteiger partial charge in [0.1, 0.15) is 0 Å². The molecule has 1 aromatic carbocycles. The lowest BCUT2D eigenvalue weighted by atomic mass is 10.0. The number of pyridine rings is 1. The van der Waals surface area contributed by atoms with Crippen molar-refractivity contribution in [3.8, 4) is 12.3 Å². The molecule has 0 spiro atoms. The molecule has 2 rings (SSSR count). The molecule has 0 amide bonds. The molecule has 3 nitrogen and oxygen atoms in total. The number of hydrogen-bond donors (Lipinski definition) is 2. The second kappa shape index (κ2) is 4.75. The number of terminal acetylenes is 1. The van der Waals surface area contributed by atoms with Gasteiger partial charge in [-0.25, -0.2) is 0 Å². The zero-order valence-corrected chi connectivity index (χ0v) is 8.85. The van der Waals surface area contributed by atoms with Gasteiger partial charge in [-0.1, -0.05) is 18.2 Å². The summed E-state index contributed by atoms with van der Waals surface area (Å²) in [4.78, 5) is 4.30. The second-order valence-electron chi connectivity index (χ2n) is 3.54. The maximum Gasteiger partial charge on any atom is 0.0705 e.